The van der Waals surface area contributed by atoms with Crippen molar-refractivity contribution in [1.82, 2.24) is 9.80 Å². The van der Waals surface area contributed by atoms with E-state index in [0.29, 0.717) is 17.3 Å². The first-order valence-electron chi connectivity index (χ1n) is 10.6. The molecule has 0 radical (unpaired) electrons. The van der Waals surface area contributed by atoms with E-state index in [9.17, 15) is 13.2 Å². The molecule has 4 rings (SSSR count). The third-order valence-electron chi connectivity index (χ3n) is 6.26. The summed E-state index contributed by atoms with van der Waals surface area (Å²) in [5, 5.41) is 0. The van der Waals surface area contributed by atoms with Crippen molar-refractivity contribution in [3.05, 3.63) is 59.7 Å². The third-order valence-corrected chi connectivity index (χ3v) is 8.06. The maximum absolute atomic E-state index is 12.9. The number of rotatable bonds is 5. The van der Waals surface area contributed by atoms with Crippen LogP contribution in [0.2, 0.25) is 0 Å². The lowest BCUT2D eigenvalue weighted by atomic mass is 10.2. The zero-order valence-corrected chi connectivity index (χ0v) is 18.4. The van der Waals surface area contributed by atoms with Crippen LogP contribution in [0, 0.1) is 6.92 Å². The molecule has 0 spiro atoms. The van der Waals surface area contributed by atoms with Gasteiger partial charge < -0.3 is 4.90 Å². The smallest absolute Gasteiger partial charge is 0.264 e. The molecule has 160 valence electrons. The first-order chi connectivity index (χ1) is 14.4. The van der Waals surface area contributed by atoms with Gasteiger partial charge in [0.1, 0.15) is 0 Å². The van der Waals surface area contributed by atoms with Crippen molar-refractivity contribution in [1.29, 1.82) is 0 Å². The Hall–Kier alpha value is -2.38. The van der Waals surface area contributed by atoms with Crippen LogP contribution in [0.25, 0.3) is 0 Å². The summed E-state index contributed by atoms with van der Waals surface area (Å²) in [6, 6.07) is 14.1. The Labute approximate surface area is 179 Å². The van der Waals surface area contributed by atoms with Gasteiger partial charge in [-0.2, -0.15) is 0 Å². The van der Waals surface area contributed by atoms with Gasteiger partial charge in [-0.25, -0.2) is 8.42 Å². The lowest BCUT2D eigenvalue weighted by Crippen LogP contribution is -2.37. The fraction of sp³-hybridized carbons (Fsp3) is 0.435. The van der Waals surface area contributed by atoms with Gasteiger partial charge in [-0.05, 0) is 75.7 Å². The number of amides is 1. The molecule has 1 unspecified atom stereocenters. The second kappa shape index (κ2) is 8.40. The molecule has 2 aliphatic heterocycles. The molecule has 1 amide bonds. The number of likely N-dealkylation sites (tertiary alicyclic amines) is 2. The van der Waals surface area contributed by atoms with E-state index in [4.69, 9.17) is 0 Å². The highest BCUT2D eigenvalue weighted by molar-refractivity contribution is 7.92. The SMILES string of the molecule is Cc1ccc(S(=O)(=O)N(C)c2ccc(C(=O)N3CCC(N4CCCC4)C3)cc2)cc1. The molecule has 0 saturated carbocycles. The van der Waals surface area contributed by atoms with E-state index in [1.165, 1.54) is 24.2 Å². The predicted molar refractivity (Wildman–Crippen MR) is 118 cm³/mol. The van der Waals surface area contributed by atoms with E-state index >= 15 is 0 Å². The van der Waals surface area contributed by atoms with E-state index in [0.717, 1.165) is 38.2 Å². The van der Waals surface area contributed by atoms with Gasteiger partial charge in [0.25, 0.3) is 15.9 Å². The standard InChI is InChI=1S/C23H29N3O3S/c1-18-5-11-22(12-6-18)30(28,29)24(2)20-9-7-19(8-10-20)23(27)26-16-13-21(17-26)25-14-3-4-15-25/h5-12,21H,3-4,13-17H2,1-2H3. The third kappa shape index (κ3) is 4.09. The summed E-state index contributed by atoms with van der Waals surface area (Å²) in [7, 11) is -2.11. The van der Waals surface area contributed by atoms with E-state index < -0.39 is 10.0 Å². The number of carbonyl (C=O) groups excluding carboxylic acids is 1. The predicted octanol–water partition coefficient (Wildman–Crippen LogP) is 3.13. The van der Waals surface area contributed by atoms with Crippen LogP contribution in [0.3, 0.4) is 0 Å². The molecule has 0 bridgehead atoms. The summed E-state index contributed by atoms with van der Waals surface area (Å²) in [5.74, 6) is 0.0206. The van der Waals surface area contributed by atoms with Crippen LogP contribution < -0.4 is 4.31 Å². The summed E-state index contributed by atoms with van der Waals surface area (Å²) in [6.45, 7) is 5.77. The van der Waals surface area contributed by atoms with Gasteiger partial charge in [-0.1, -0.05) is 17.7 Å². The van der Waals surface area contributed by atoms with Crippen molar-refractivity contribution in [2.75, 3.05) is 37.5 Å². The molecule has 7 heteroatoms. The Kier molecular flexibility index (Phi) is 5.84. The number of hydrogen-bond donors (Lipinski definition) is 0. The number of benzene rings is 2. The molecule has 2 aromatic carbocycles. The molecule has 0 aliphatic carbocycles. The summed E-state index contributed by atoms with van der Waals surface area (Å²) in [5.41, 5.74) is 2.14. The van der Waals surface area contributed by atoms with Crippen molar-refractivity contribution >= 4 is 21.6 Å². The monoisotopic (exact) mass is 427 g/mol. The highest BCUT2D eigenvalue weighted by atomic mass is 32.2. The molecular formula is C23H29N3O3S. The van der Waals surface area contributed by atoms with Gasteiger partial charge >= 0.3 is 0 Å². The van der Waals surface area contributed by atoms with E-state index in [2.05, 4.69) is 4.90 Å². The quantitative estimate of drug-likeness (QED) is 0.736. The molecule has 6 nitrogen and oxygen atoms in total. The molecule has 2 aliphatic rings. The summed E-state index contributed by atoms with van der Waals surface area (Å²) in [4.78, 5) is 17.6. The zero-order valence-electron chi connectivity index (χ0n) is 17.6. The summed E-state index contributed by atoms with van der Waals surface area (Å²) >= 11 is 0. The van der Waals surface area contributed by atoms with Crippen LogP contribution in [-0.4, -0.2) is 63.4 Å². The molecule has 2 saturated heterocycles. The first kappa shape index (κ1) is 20.9. The van der Waals surface area contributed by atoms with Gasteiger partial charge in [0, 0.05) is 31.7 Å². The van der Waals surface area contributed by atoms with Crippen molar-refractivity contribution in [2.24, 2.45) is 0 Å². The molecule has 0 aromatic heterocycles. The van der Waals surface area contributed by atoms with E-state index in [1.807, 2.05) is 11.8 Å². The van der Waals surface area contributed by atoms with E-state index in [-0.39, 0.29) is 10.8 Å². The number of hydrogen-bond acceptors (Lipinski definition) is 4. The lowest BCUT2D eigenvalue weighted by Gasteiger charge is -2.24. The molecule has 2 heterocycles. The first-order valence-corrected chi connectivity index (χ1v) is 12.0. The fourth-order valence-corrected chi connectivity index (χ4v) is 5.53. The van der Waals surface area contributed by atoms with Crippen molar-refractivity contribution < 1.29 is 13.2 Å². The minimum absolute atomic E-state index is 0.0206. The second-order valence-corrected chi connectivity index (χ2v) is 10.2. The topological polar surface area (TPSA) is 60.9 Å². The van der Waals surface area contributed by atoms with Crippen molar-refractivity contribution in [2.45, 2.75) is 37.1 Å². The average Bonchev–Trinajstić information content (AvgIpc) is 3.45. The van der Waals surface area contributed by atoms with Gasteiger partial charge in [-0.3, -0.25) is 14.0 Å². The Morgan fingerprint density at radius 3 is 2.23 bits per heavy atom. The Balaban J connectivity index is 1.44. The lowest BCUT2D eigenvalue weighted by molar-refractivity contribution is 0.0780. The number of anilines is 1. The molecule has 30 heavy (non-hydrogen) atoms. The number of nitrogens with zero attached hydrogens (tertiary/aromatic N) is 3. The molecule has 2 aromatic rings. The van der Waals surface area contributed by atoms with Gasteiger partial charge in [0.15, 0.2) is 0 Å². The number of aryl methyl sites for hydroxylation is 1. The Bertz CT molecular complexity index is 997. The average molecular weight is 428 g/mol. The Morgan fingerprint density at radius 1 is 0.967 bits per heavy atom. The van der Waals surface area contributed by atoms with Crippen LogP contribution in [0.4, 0.5) is 5.69 Å². The molecule has 2 fully saturated rings. The highest BCUT2D eigenvalue weighted by Crippen LogP contribution is 2.25. The van der Waals surface area contributed by atoms with Gasteiger partial charge in [0.05, 0.1) is 10.6 Å². The minimum atomic E-state index is -3.64. The number of carbonyl (C=O) groups is 1. The van der Waals surface area contributed by atoms with Crippen LogP contribution in [0.15, 0.2) is 53.4 Å². The number of sulfonamides is 1. The minimum Gasteiger partial charge on any atom is -0.337 e. The maximum Gasteiger partial charge on any atom is 0.264 e. The van der Waals surface area contributed by atoms with Crippen LogP contribution >= 0.6 is 0 Å². The van der Waals surface area contributed by atoms with Crippen molar-refractivity contribution in [3.8, 4) is 0 Å². The fourth-order valence-electron chi connectivity index (χ4n) is 4.33. The van der Waals surface area contributed by atoms with Crippen LogP contribution in [-0.2, 0) is 10.0 Å². The molecule has 1 atom stereocenters. The van der Waals surface area contributed by atoms with Gasteiger partial charge in [-0.15, -0.1) is 0 Å². The Morgan fingerprint density at radius 2 is 1.60 bits per heavy atom. The molecular weight excluding hydrogens is 398 g/mol. The van der Waals surface area contributed by atoms with E-state index in [1.54, 1.807) is 48.5 Å². The largest absolute Gasteiger partial charge is 0.337 e. The zero-order chi connectivity index (χ0) is 21.3. The summed E-state index contributed by atoms with van der Waals surface area (Å²) < 4.78 is 27.0. The van der Waals surface area contributed by atoms with Crippen LogP contribution in [0.5, 0.6) is 0 Å². The van der Waals surface area contributed by atoms with Crippen LogP contribution in [0.1, 0.15) is 35.2 Å². The van der Waals surface area contributed by atoms with Crippen molar-refractivity contribution in [3.63, 3.8) is 0 Å². The maximum atomic E-state index is 12.9. The summed E-state index contributed by atoms with van der Waals surface area (Å²) in [6.07, 6.45) is 3.54. The highest BCUT2D eigenvalue weighted by Gasteiger charge is 2.32. The van der Waals surface area contributed by atoms with Gasteiger partial charge in [0.2, 0.25) is 0 Å². The second-order valence-electron chi connectivity index (χ2n) is 8.27. The normalized spacial score (nSPS) is 19.9. The molecule has 0 N–H and O–H groups in total.